The Morgan fingerprint density at radius 1 is 0.935 bits per heavy atom. The molecule has 0 radical (unpaired) electrons. The minimum atomic E-state index is -0.175. The lowest BCUT2D eigenvalue weighted by Gasteiger charge is -2.15. The second-order valence-corrected chi connectivity index (χ2v) is 9.18. The highest BCUT2D eigenvalue weighted by Crippen LogP contribution is 2.34. The Morgan fingerprint density at radius 2 is 1.71 bits per heavy atom. The third-order valence-corrected chi connectivity index (χ3v) is 6.84. The predicted octanol–water partition coefficient (Wildman–Crippen LogP) is 5.61. The fourth-order valence-electron chi connectivity index (χ4n) is 3.68. The Labute approximate surface area is 192 Å². The summed E-state index contributed by atoms with van der Waals surface area (Å²) >= 11 is 6.80. The highest BCUT2D eigenvalue weighted by atomic mass is 32.2. The van der Waals surface area contributed by atoms with Crippen LogP contribution in [-0.4, -0.2) is 33.5 Å². The van der Waals surface area contributed by atoms with Gasteiger partial charge in [-0.05, 0) is 60.4 Å². The largest absolute Gasteiger partial charge is 0.490 e. The zero-order valence-corrected chi connectivity index (χ0v) is 19.3. The van der Waals surface area contributed by atoms with Gasteiger partial charge in [0.25, 0.3) is 0 Å². The van der Waals surface area contributed by atoms with E-state index in [2.05, 4.69) is 30.3 Å². The Hall–Kier alpha value is -2.57. The van der Waals surface area contributed by atoms with Gasteiger partial charge in [-0.3, -0.25) is 9.69 Å². The van der Waals surface area contributed by atoms with E-state index >= 15 is 0 Å². The molecule has 1 saturated heterocycles. The van der Waals surface area contributed by atoms with Gasteiger partial charge >= 0.3 is 0 Å². The molecule has 0 saturated carbocycles. The molecule has 3 aromatic carbocycles. The van der Waals surface area contributed by atoms with Gasteiger partial charge in [0.2, 0.25) is 5.91 Å². The molecule has 1 aliphatic heterocycles. The Balaban J connectivity index is 1.48. The summed E-state index contributed by atoms with van der Waals surface area (Å²) in [6.07, 6.45) is 0.616. The lowest BCUT2D eigenvalue weighted by atomic mass is 10.1. The van der Waals surface area contributed by atoms with Crippen LogP contribution in [0.3, 0.4) is 0 Å². The summed E-state index contributed by atoms with van der Waals surface area (Å²) in [4.78, 5) is 14.2. The number of rotatable bonds is 8. The molecule has 160 valence electrons. The smallest absolute Gasteiger partial charge is 0.241 e. The van der Waals surface area contributed by atoms with E-state index in [-0.39, 0.29) is 11.2 Å². The molecule has 0 aliphatic carbocycles. The molecule has 1 atom stereocenters. The molecule has 1 heterocycles. The van der Waals surface area contributed by atoms with Gasteiger partial charge in [-0.25, -0.2) is 0 Å². The molecule has 0 bridgehead atoms. The van der Waals surface area contributed by atoms with Crippen molar-refractivity contribution in [2.75, 3.05) is 13.2 Å². The Bertz CT molecular complexity index is 1110. The summed E-state index contributed by atoms with van der Waals surface area (Å²) in [5.41, 5.74) is 2.14. The predicted molar refractivity (Wildman–Crippen MR) is 131 cm³/mol. The molecular weight excluding hydrogens is 426 g/mol. The van der Waals surface area contributed by atoms with E-state index in [4.69, 9.17) is 21.7 Å². The number of hydrogen-bond acceptors (Lipinski definition) is 5. The SMILES string of the molecule is CCOc1cc(C[C@H]2SC(=S)N(CC)C2=O)ccc1OCc1ccc2ccccc2c1. The van der Waals surface area contributed by atoms with Gasteiger partial charge in [0.1, 0.15) is 10.9 Å². The third kappa shape index (κ3) is 4.86. The molecule has 0 aromatic heterocycles. The molecule has 1 aliphatic rings. The van der Waals surface area contributed by atoms with Crippen LogP contribution in [-0.2, 0) is 17.8 Å². The fourth-order valence-corrected chi connectivity index (χ4v) is 5.35. The standard InChI is InChI=1S/C25H25NO3S2/c1-3-26-24(27)23(31-25(26)30)15-17-10-12-21(22(14-17)28-4-2)29-16-18-9-11-19-7-5-6-8-20(19)13-18/h5-14,23H,3-4,15-16H2,1-2H3/t23-/m1/s1. The van der Waals surface area contributed by atoms with E-state index in [1.54, 1.807) is 4.90 Å². The average molecular weight is 452 g/mol. The number of thioether (sulfide) groups is 1. The summed E-state index contributed by atoms with van der Waals surface area (Å²) < 4.78 is 12.6. The van der Waals surface area contributed by atoms with Crippen molar-refractivity contribution in [2.24, 2.45) is 0 Å². The lowest BCUT2D eigenvalue weighted by molar-refractivity contribution is -0.125. The highest BCUT2D eigenvalue weighted by Gasteiger charge is 2.35. The molecular formula is C25H25NO3S2. The number of fused-ring (bicyclic) bond motifs is 1. The molecule has 31 heavy (non-hydrogen) atoms. The van der Waals surface area contributed by atoms with Crippen LogP contribution in [0.5, 0.6) is 11.5 Å². The second kappa shape index (κ2) is 9.71. The highest BCUT2D eigenvalue weighted by molar-refractivity contribution is 8.24. The molecule has 0 N–H and O–H groups in total. The normalized spacial score (nSPS) is 16.2. The molecule has 6 heteroatoms. The minimum Gasteiger partial charge on any atom is -0.490 e. The molecule has 4 rings (SSSR count). The van der Waals surface area contributed by atoms with Crippen molar-refractivity contribution in [3.63, 3.8) is 0 Å². The van der Waals surface area contributed by atoms with Gasteiger partial charge in [0.05, 0.1) is 11.9 Å². The summed E-state index contributed by atoms with van der Waals surface area (Å²) in [6.45, 7) is 5.52. The number of carbonyl (C=O) groups is 1. The number of thiocarbonyl (C=S) groups is 1. The van der Waals surface area contributed by atoms with Crippen LogP contribution in [0.15, 0.2) is 60.7 Å². The number of carbonyl (C=O) groups excluding carboxylic acids is 1. The van der Waals surface area contributed by atoms with E-state index in [1.807, 2.05) is 44.2 Å². The first kappa shape index (κ1) is 21.7. The second-order valence-electron chi connectivity index (χ2n) is 7.34. The Morgan fingerprint density at radius 3 is 2.45 bits per heavy atom. The first-order valence-electron chi connectivity index (χ1n) is 10.5. The summed E-state index contributed by atoms with van der Waals surface area (Å²) in [6, 6.07) is 20.5. The molecule has 4 nitrogen and oxygen atoms in total. The molecule has 1 amide bonds. The van der Waals surface area contributed by atoms with E-state index in [9.17, 15) is 4.79 Å². The van der Waals surface area contributed by atoms with E-state index < -0.39 is 0 Å². The maximum Gasteiger partial charge on any atom is 0.241 e. The zero-order valence-electron chi connectivity index (χ0n) is 17.7. The number of nitrogens with zero attached hydrogens (tertiary/aromatic N) is 1. The van der Waals surface area contributed by atoms with E-state index in [0.29, 0.717) is 42.0 Å². The van der Waals surface area contributed by atoms with Gasteiger partial charge in [-0.2, -0.15) is 0 Å². The lowest BCUT2D eigenvalue weighted by Crippen LogP contribution is -2.31. The van der Waals surface area contributed by atoms with Crippen molar-refractivity contribution in [3.8, 4) is 11.5 Å². The van der Waals surface area contributed by atoms with Crippen LogP contribution < -0.4 is 9.47 Å². The number of ether oxygens (including phenoxy) is 2. The monoisotopic (exact) mass is 451 g/mol. The van der Waals surface area contributed by atoms with Crippen LogP contribution in [0.25, 0.3) is 10.8 Å². The zero-order chi connectivity index (χ0) is 21.8. The molecule has 0 unspecified atom stereocenters. The number of benzene rings is 3. The van der Waals surface area contributed by atoms with Crippen molar-refractivity contribution in [1.29, 1.82) is 0 Å². The van der Waals surface area contributed by atoms with Crippen molar-refractivity contribution in [1.82, 2.24) is 4.90 Å². The fraction of sp³-hybridized carbons (Fsp3) is 0.280. The van der Waals surface area contributed by atoms with Crippen LogP contribution in [0.1, 0.15) is 25.0 Å². The third-order valence-electron chi connectivity index (χ3n) is 5.26. The van der Waals surface area contributed by atoms with Crippen LogP contribution in [0, 0.1) is 0 Å². The van der Waals surface area contributed by atoms with Crippen molar-refractivity contribution >= 4 is 45.0 Å². The first-order chi connectivity index (χ1) is 15.1. The molecule has 0 spiro atoms. The number of amides is 1. The van der Waals surface area contributed by atoms with Gasteiger partial charge in [-0.1, -0.05) is 66.4 Å². The minimum absolute atomic E-state index is 0.0899. The van der Waals surface area contributed by atoms with Gasteiger partial charge in [-0.15, -0.1) is 0 Å². The van der Waals surface area contributed by atoms with Gasteiger partial charge in [0, 0.05) is 6.54 Å². The van der Waals surface area contributed by atoms with Crippen molar-refractivity contribution < 1.29 is 14.3 Å². The average Bonchev–Trinajstić information content (AvgIpc) is 3.05. The topological polar surface area (TPSA) is 38.8 Å². The van der Waals surface area contributed by atoms with Gasteiger partial charge in [0.15, 0.2) is 11.5 Å². The van der Waals surface area contributed by atoms with Crippen LogP contribution in [0.4, 0.5) is 0 Å². The van der Waals surface area contributed by atoms with Crippen LogP contribution in [0.2, 0.25) is 0 Å². The van der Waals surface area contributed by atoms with Gasteiger partial charge < -0.3 is 9.47 Å². The van der Waals surface area contributed by atoms with E-state index in [0.717, 1.165) is 11.1 Å². The van der Waals surface area contributed by atoms with E-state index in [1.165, 1.54) is 22.5 Å². The first-order valence-corrected chi connectivity index (χ1v) is 11.8. The Kier molecular flexibility index (Phi) is 6.78. The quantitative estimate of drug-likeness (QED) is 0.416. The maximum absolute atomic E-state index is 12.5. The van der Waals surface area contributed by atoms with Crippen molar-refractivity contribution in [3.05, 3.63) is 71.8 Å². The molecule has 1 fully saturated rings. The summed E-state index contributed by atoms with van der Waals surface area (Å²) in [5, 5.41) is 2.24. The van der Waals surface area contributed by atoms with Crippen molar-refractivity contribution in [2.45, 2.75) is 32.1 Å². The molecule has 3 aromatic rings. The van der Waals surface area contributed by atoms with Crippen LogP contribution >= 0.6 is 24.0 Å². The number of hydrogen-bond donors (Lipinski definition) is 0. The summed E-state index contributed by atoms with van der Waals surface area (Å²) in [5.74, 6) is 1.49. The summed E-state index contributed by atoms with van der Waals surface area (Å²) in [7, 11) is 0. The maximum atomic E-state index is 12.5.